The minimum absolute atomic E-state index is 0.0899. The lowest BCUT2D eigenvalue weighted by Gasteiger charge is -2.27. The molecule has 0 saturated heterocycles. The third-order valence-corrected chi connectivity index (χ3v) is 7.61. The van der Waals surface area contributed by atoms with Crippen molar-refractivity contribution in [2.45, 2.75) is 36.6 Å². The van der Waals surface area contributed by atoms with Gasteiger partial charge in [0.1, 0.15) is 12.4 Å². The number of nitrogens with one attached hydrogen (secondary N) is 1. The molecule has 2 aliphatic carbocycles. The standard InChI is InChI=1S/C21H23FN2O3S/c22-17-8-10-18(11-9-17)24(28(26,27)19-4-2-1-3-5-19)14-21(25)23-20-13-15-6-7-16(20)12-15/h1-5,8-11,15-16,20H,6-7,12-14H2,(H,23,25)/t15-,16+,20-/m0/s1. The number of anilines is 1. The zero-order chi connectivity index (χ0) is 19.7. The molecule has 0 aliphatic heterocycles. The number of carbonyl (C=O) groups is 1. The maximum absolute atomic E-state index is 13.3. The highest BCUT2D eigenvalue weighted by Gasteiger charge is 2.40. The van der Waals surface area contributed by atoms with Gasteiger partial charge in [0.2, 0.25) is 5.91 Å². The predicted octanol–water partition coefficient (Wildman–Crippen LogP) is 3.33. The van der Waals surface area contributed by atoms with E-state index in [0.29, 0.717) is 11.8 Å². The lowest BCUT2D eigenvalue weighted by molar-refractivity contribution is -0.120. The van der Waals surface area contributed by atoms with Crippen LogP contribution in [0.1, 0.15) is 25.7 Å². The molecule has 2 saturated carbocycles. The van der Waals surface area contributed by atoms with Crippen LogP contribution in [0.3, 0.4) is 0 Å². The summed E-state index contributed by atoms with van der Waals surface area (Å²) in [6.45, 7) is -0.337. The topological polar surface area (TPSA) is 66.5 Å². The molecule has 2 aliphatic rings. The molecular formula is C21H23FN2O3S. The van der Waals surface area contributed by atoms with E-state index in [1.165, 1.54) is 42.8 Å². The molecule has 7 heteroatoms. The molecule has 2 aromatic carbocycles. The number of fused-ring (bicyclic) bond motifs is 2. The summed E-state index contributed by atoms with van der Waals surface area (Å²) >= 11 is 0. The van der Waals surface area contributed by atoms with Crippen LogP contribution in [0.15, 0.2) is 59.5 Å². The van der Waals surface area contributed by atoms with Crippen molar-refractivity contribution in [2.75, 3.05) is 10.8 Å². The third-order valence-electron chi connectivity index (χ3n) is 5.82. The van der Waals surface area contributed by atoms with Gasteiger partial charge in [-0.25, -0.2) is 12.8 Å². The lowest BCUT2D eigenvalue weighted by Crippen LogP contribution is -2.46. The monoisotopic (exact) mass is 402 g/mol. The van der Waals surface area contributed by atoms with Crippen molar-refractivity contribution in [2.24, 2.45) is 11.8 Å². The molecule has 4 rings (SSSR count). The minimum atomic E-state index is -3.96. The fraction of sp³-hybridized carbons (Fsp3) is 0.381. The molecule has 28 heavy (non-hydrogen) atoms. The lowest BCUT2D eigenvalue weighted by atomic mass is 9.95. The van der Waals surface area contributed by atoms with E-state index in [9.17, 15) is 17.6 Å². The van der Waals surface area contributed by atoms with Gasteiger partial charge in [0.25, 0.3) is 10.0 Å². The van der Waals surface area contributed by atoms with Crippen LogP contribution in [0.2, 0.25) is 0 Å². The molecule has 0 radical (unpaired) electrons. The Morgan fingerprint density at radius 3 is 2.36 bits per heavy atom. The zero-order valence-electron chi connectivity index (χ0n) is 15.4. The first-order valence-corrected chi connectivity index (χ1v) is 11.0. The van der Waals surface area contributed by atoms with Gasteiger partial charge in [0, 0.05) is 6.04 Å². The molecule has 0 unspecified atom stereocenters. The number of amides is 1. The summed E-state index contributed by atoms with van der Waals surface area (Å²) in [5, 5.41) is 3.03. The highest BCUT2D eigenvalue weighted by Crippen LogP contribution is 2.44. The first-order valence-electron chi connectivity index (χ1n) is 9.56. The highest BCUT2D eigenvalue weighted by atomic mass is 32.2. The van der Waals surface area contributed by atoms with E-state index >= 15 is 0 Å². The quantitative estimate of drug-likeness (QED) is 0.806. The van der Waals surface area contributed by atoms with E-state index in [4.69, 9.17) is 0 Å². The summed E-state index contributed by atoms with van der Waals surface area (Å²) in [5.41, 5.74) is 0.258. The second kappa shape index (κ2) is 7.54. The second-order valence-electron chi connectivity index (χ2n) is 7.65. The third kappa shape index (κ3) is 3.76. The Labute approximate surface area is 164 Å². The molecule has 5 nitrogen and oxygen atoms in total. The molecule has 1 N–H and O–H groups in total. The number of halogens is 1. The van der Waals surface area contributed by atoms with Gasteiger partial charge in [-0.1, -0.05) is 24.6 Å². The molecule has 2 bridgehead atoms. The van der Waals surface area contributed by atoms with Crippen LogP contribution < -0.4 is 9.62 Å². The summed E-state index contributed by atoms with van der Waals surface area (Å²) in [5.74, 6) is 0.379. The second-order valence-corrected chi connectivity index (χ2v) is 9.51. The average molecular weight is 402 g/mol. The molecule has 1 amide bonds. The molecule has 0 aromatic heterocycles. The Hall–Kier alpha value is -2.41. The van der Waals surface area contributed by atoms with Gasteiger partial charge in [-0.2, -0.15) is 0 Å². The van der Waals surface area contributed by atoms with Gasteiger partial charge in [-0.3, -0.25) is 9.10 Å². The van der Waals surface area contributed by atoms with Gasteiger partial charge in [0.15, 0.2) is 0 Å². The highest BCUT2D eigenvalue weighted by molar-refractivity contribution is 7.92. The van der Waals surface area contributed by atoms with Gasteiger partial charge in [-0.15, -0.1) is 0 Å². The fourth-order valence-corrected chi connectivity index (χ4v) is 5.89. The van der Waals surface area contributed by atoms with Crippen LogP contribution >= 0.6 is 0 Å². The Balaban J connectivity index is 1.58. The fourth-order valence-electron chi connectivity index (χ4n) is 4.45. The van der Waals surface area contributed by atoms with E-state index in [1.807, 2.05) is 0 Å². The van der Waals surface area contributed by atoms with Crippen LogP contribution in [-0.4, -0.2) is 26.9 Å². The molecule has 0 heterocycles. The number of nitrogens with zero attached hydrogens (tertiary/aromatic N) is 1. The molecule has 3 atom stereocenters. The Morgan fingerprint density at radius 1 is 1.04 bits per heavy atom. The number of hydrogen-bond acceptors (Lipinski definition) is 3. The maximum atomic E-state index is 13.3. The first-order chi connectivity index (χ1) is 13.4. The summed E-state index contributed by atoms with van der Waals surface area (Å²) in [4.78, 5) is 12.8. The van der Waals surface area contributed by atoms with Crippen LogP contribution in [0, 0.1) is 17.7 Å². The van der Waals surface area contributed by atoms with Crippen LogP contribution in [0.5, 0.6) is 0 Å². The number of sulfonamides is 1. The Bertz CT molecular complexity index is 947. The van der Waals surface area contributed by atoms with E-state index in [0.717, 1.165) is 23.6 Å². The maximum Gasteiger partial charge on any atom is 0.264 e. The van der Waals surface area contributed by atoms with E-state index < -0.39 is 15.8 Å². The van der Waals surface area contributed by atoms with Gasteiger partial charge in [-0.05, 0) is 67.5 Å². The van der Waals surface area contributed by atoms with E-state index in [2.05, 4.69) is 5.32 Å². The SMILES string of the molecule is O=C(CN(c1ccc(F)cc1)S(=O)(=O)c1ccccc1)N[C@H]1C[C@H]2CC[C@@H]1C2. The molecular weight excluding hydrogens is 379 g/mol. The average Bonchev–Trinajstić information content (AvgIpc) is 3.31. The molecule has 2 fully saturated rings. The van der Waals surface area contributed by atoms with Crippen LogP contribution in [0.4, 0.5) is 10.1 Å². The zero-order valence-corrected chi connectivity index (χ0v) is 16.2. The van der Waals surface area contributed by atoms with Crippen molar-refractivity contribution in [1.29, 1.82) is 0 Å². The van der Waals surface area contributed by atoms with Gasteiger partial charge >= 0.3 is 0 Å². The number of rotatable bonds is 6. The Kier molecular flexibility index (Phi) is 5.10. The summed E-state index contributed by atoms with van der Waals surface area (Å²) < 4.78 is 40.7. The normalized spacial score (nSPS) is 23.5. The number of benzene rings is 2. The van der Waals surface area contributed by atoms with Crippen molar-refractivity contribution in [1.82, 2.24) is 5.32 Å². The van der Waals surface area contributed by atoms with Crippen LogP contribution in [0.25, 0.3) is 0 Å². The molecule has 0 spiro atoms. The summed E-state index contributed by atoms with van der Waals surface area (Å²) in [6.07, 6.45) is 4.47. The minimum Gasteiger partial charge on any atom is -0.352 e. The molecule has 148 valence electrons. The Morgan fingerprint density at radius 2 is 1.75 bits per heavy atom. The van der Waals surface area contributed by atoms with Crippen LogP contribution in [-0.2, 0) is 14.8 Å². The van der Waals surface area contributed by atoms with Crippen molar-refractivity contribution in [3.8, 4) is 0 Å². The first kappa shape index (κ1) is 18.9. The molecule has 2 aromatic rings. The summed E-state index contributed by atoms with van der Waals surface area (Å²) in [7, 11) is -3.96. The number of carbonyl (C=O) groups excluding carboxylic acids is 1. The van der Waals surface area contributed by atoms with Crippen molar-refractivity contribution < 1.29 is 17.6 Å². The van der Waals surface area contributed by atoms with Gasteiger partial charge < -0.3 is 5.32 Å². The van der Waals surface area contributed by atoms with Crippen molar-refractivity contribution >= 4 is 21.6 Å². The van der Waals surface area contributed by atoms with Gasteiger partial charge in [0.05, 0.1) is 10.6 Å². The summed E-state index contributed by atoms with van der Waals surface area (Å²) in [6, 6.07) is 13.2. The predicted molar refractivity (Wildman–Crippen MR) is 105 cm³/mol. The largest absolute Gasteiger partial charge is 0.352 e. The number of hydrogen-bond donors (Lipinski definition) is 1. The van der Waals surface area contributed by atoms with Crippen molar-refractivity contribution in [3.05, 3.63) is 60.4 Å². The van der Waals surface area contributed by atoms with E-state index in [1.54, 1.807) is 18.2 Å². The van der Waals surface area contributed by atoms with Crippen molar-refractivity contribution in [3.63, 3.8) is 0 Å². The van der Waals surface area contributed by atoms with E-state index in [-0.39, 0.29) is 29.1 Å². The smallest absolute Gasteiger partial charge is 0.264 e.